The lowest BCUT2D eigenvalue weighted by atomic mass is 9.90. The Balaban J connectivity index is 1.41. The summed E-state index contributed by atoms with van der Waals surface area (Å²) in [4.78, 5) is 0.844. The van der Waals surface area contributed by atoms with Crippen molar-refractivity contribution >= 4 is 11.8 Å². The van der Waals surface area contributed by atoms with Crippen LogP contribution < -0.4 is 4.74 Å². The second-order valence-electron chi connectivity index (χ2n) is 10.6. The average Bonchev–Trinajstić information content (AvgIpc) is 3.08. The van der Waals surface area contributed by atoms with Gasteiger partial charge in [0.05, 0.1) is 36.5 Å². The predicted molar refractivity (Wildman–Crippen MR) is 159 cm³/mol. The van der Waals surface area contributed by atoms with E-state index in [1.807, 2.05) is 55.5 Å². The first-order valence-corrected chi connectivity index (χ1v) is 15.0. The molecule has 2 aliphatic heterocycles. The molecule has 6 nitrogen and oxygen atoms in total. The summed E-state index contributed by atoms with van der Waals surface area (Å²) >= 11 is 1.33. The van der Waals surface area contributed by atoms with Crippen LogP contribution in [0.1, 0.15) is 58.4 Å². The van der Waals surface area contributed by atoms with Crippen molar-refractivity contribution in [3.63, 3.8) is 0 Å². The van der Waals surface area contributed by atoms with Crippen molar-refractivity contribution in [1.82, 2.24) is 0 Å². The molecule has 2 saturated heterocycles. The maximum absolute atomic E-state index is 9.08. The molecule has 0 aromatic heterocycles. The number of aryl methyl sites for hydroxylation is 1. The number of hydrogen-bond acceptors (Lipinski definition) is 7. The second kappa shape index (κ2) is 13.3. The van der Waals surface area contributed by atoms with Crippen molar-refractivity contribution in [2.24, 2.45) is 0 Å². The van der Waals surface area contributed by atoms with Crippen molar-refractivity contribution in [1.29, 1.82) is 0 Å². The summed E-state index contributed by atoms with van der Waals surface area (Å²) < 4.78 is 97.5. The van der Waals surface area contributed by atoms with Crippen LogP contribution >= 0.6 is 11.8 Å². The lowest BCUT2D eigenvalue weighted by Crippen LogP contribution is -2.66. The molecule has 3 aromatic rings. The van der Waals surface area contributed by atoms with E-state index in [0.717, 1.165) is 35.3 Å². The second-order valence-corrected chi connectivity index (χ2v) is 11.8. The molecule has 3 fully saturated rings. The zero-order valence-corrected chi connectivity index (χ0v) is 24.1. The number of rotatable bonds is 9. The van der Waals surface area contributed by atoms with Crippen LogP contribution in [-0.2, 0) is 36.9 Å². The topological polar surface area (TPSA) is 55.4 Å². The van der Waals surface area contributed by atoms with E-state index >= 15 is 0 Å². The Morgan fingerprint density at radius 1 is 0.927 bits per heavy atom. The molecule has 0 bridgehead atoms. The van der Waals surface area contributed by atoms with Crippen LogP contribution in [0.15, 0.2) is 83.6 Å². The summed E-state index contributed by atoms with van der Waals surface area (Å²) in [5.41, 5.74) is 0.470. The Morgan fingerprint density at radius 3 is 2.41 bits per heavy atom. The number of methoxy groups -OCH3 is 1. The number of ether oxygens (including phenoxy) is 6. The SMILES string of the molecule is [2H]c1c([2H])c([2H])c(C([2H])([2H])O[C@@H]2[C@@H](OCc3ccc(OC)cc3)[C@@H]3OC4(CCCCC4)OC[C@H]3O[C@@H]2Sc2ccc(C)cc2)c([2H])c1[2H]. The number of fused-ring (bicyclic) bond motifs is 1. The van der Waals surface area contributed by atoms with Crippen LogP contribution in [0.2, 0.25) is 0 Å². The van der Waals surface area contributed by atoms with Crippen LogP contribution in [0.4, 0.5) is 0 Å². The van der Waals surface area contributed by atoms with Crippen LogP contribution in [0.3, 0.4) is 0 Å². The first-order chi connectivity index (χ1) is 22.9. The Kier molecular flexibility index (Phi) is 6.91. The van der Waals surface area contributed by atoms with E-state index < -0.39 is 78.0 Å². The van der Waals surface area contributed by atoms with Crippen molar-refractivity contribution in [2.75, 3.05) is 13.7 Å². The largest absolute Gasteiger partial charge is 0.497 e. The summed E-state index contributed by atoms with van der Waals surface area (Å²) in [7, 11) is 1.59. The van der Waals surface area contributed by atoms with E-state index in [9.17, 15) is 0 Å². The molecule has 41 heavy (non-hydrogen) atoms. The molecular formula is C34H40O6S. The number of thioether (sulfide) groups is 1. The minimum absolute atomic E-state index is 0.133. The van der Waals surface area contributed by atoms with E-state index in [1.165, 1.54) is 11.8 Å². The molecule has 0 N–H and O–H groups in total. The van der Waals surface area contributed by atoms with Gasteiger partial charge in [0.1, 0.15) is 35.6 Å². The van der Waals surface area contributed by atoms with Crippen molar-refractivity contribution in [2.45, 2.75) is 92.7 Å². The average molecular weight is 584 g/mol. The van der Waals surface area contributed by atoms with Gasteiger partial charge >= 0.3 is 0 Å². The van der Waals surface area contributed by atoms with Crippen LogP contribution in [0, 0.1) is 6.92 Å². The summed E-state index contributed by atoms with van der Waals surface area (Å²) in [6, 6.07) is 12.0. The first kappa shape index (κ1) is 21.3. The van der Waals surface area contributed by atoms with Gasteiger partial charge in [-0.1, -0.05) is 78.2 Å². The highest BCUT2D eigenvalue weighted by atomic mass is 32.2. The van der Waals surface area contributed by atoms with E-state index in [0.29, 0.717) is 18.6 Å². The zero-order valence-electron chi connectivity index (χ0n) is 30.3. The van der Waals surface area contributed by atoms with E-state index in [4.69, 9.17) is 38.0 Å². The molecule has 0 amide bonds. The molecule has 3 aromatic carbocycles. The Bertz CT molecular complexity index is 1560. The van der Waals surface area contributed by atoms with Crippen LogP contribution in [0.25, 0.3) is 0 Å². The zero-order chi connectivity index (χ0) is 34.2. The van der Waals surface area contributed by atoms with Gasteiger partial charge in [0, 0.05) is 17.7 Å². The smallest absolute Gasteiger partial charge is 0.169 e. The number of hydrogen-bond donors (Lipinski definition) is 0. The van der Waals surface area contributed by atoms with Crippen molar-refractivity contribution in [3.8, 4) is 5.75 Å². The highest BCUT2D eigenvalue weighted by Crippen LogP contribution is 2.44. The third kappa shape index (κ3) is 6.99. The van der Waals surface area contributed by atoms with Gasteiger partial charge in [0.2, 0.25) is 0 Å². The minimum Gasteiger partial charge on any atom is -0.497 e. The molecule has 3 aliphatic rings. The number of benzene rings is 3. The molecule has 7 heteroatoms. The van der Waals surface area contributed by atoms with Gasteiger partial charge < -0.3 is 28.4 Å². The Hall–Kier alpha value is -2.39. The van der Waals surface area contributed by atoms with Gasteiger partial charge in [-0.3, -0.25) is 0 Å². The van der Waals surface area contributed by atoms with Crippen LogP contribution in [0.5, 0.6) is 5.75 Å². The van der Waals surface area contributed by atoms with Gasteiger partial charge in [-0.15, -0.1) is 0 Å². The minimum atomic E-state index is -2.84. The molecule has 6 rings (SSSR count). The normalized spacial score (nSPS) is 30.1. The Morgan fingerprint density at radius 2 is 1.68 bits per heavy atom. The lowest BCUT2D eigenvalue weighted by Gasteiger charge is -2.53. The fraction of sp³-hybridized carbons (Fsp3) is 0.471. The van der Waals surface area contributed by atoms with Crippen molar-refractivity contribution in [3.05, 3.63) is 95.4 Å². The van der Waals surface area contributed by atoms with Gasteiger partial charge in [-0.25, -0.2) is 0 Å². The molecule has 218 valence electrons. The Labute approximate surface area is 257 Å². The molecule has 1 saturated carbocycles. The van der Waals surface area contributed by atoms with E-state index in [2.05, 4.69) is 0 Å². The molecular weight excluding hydrogens is 536 g/mol. The van der Waals surface area contributed by atoms with Gasteiger partial charge in [0.25, 0.3) is 0 Å². The highest BCUT2D eigenvalue weighted by Gasteiger charge is 2.55. The summed E-state index contributed by atoms with van der Waals surface area (Å²) in [6.45, 7) is -0.470. The molecule has 5 atom stereocenters. The third-order valence-corrected chi connectivity index (χ3v) is 8.90. The maximum atomic E-state index is 9.08. The van der Waals surface area contributed by atoms with Gasteiger partial charge in [-0.05, 0) is 55.2 Å². The fourth-order valence-electron chi connectivity index (χ4n) is 5.53. The summed E-state index contributed by atoms with van der Waals surface area (Å²) in [6.07, 6.45) is 1.07. The summed E-state index contributed by atoms with van der Waals surface area (Å²) in [5, 5.41) is 0. The fourth-order valence-corrected chi connectivity index (χ4v) is 6.63. The van der Waals surface area contributed by atoms with Crippen LogP contribution in [-0.4, -0.2) is 49.4 Å². The predicted octanol–water partition coefficient (Wildman–Crippen LogP) is 7.07. The molecule has 0 unspecified atom stereocenters. The monoisotopic (exact) mass is 583 g/mol. The molecule has 1 spiro atoms. The molecule has 2 heterocycles. The van der Waals surface area contributed by atoms with Gasteiger partial charge in [-0.2, -0.15) is 0 Å². The standard InChI is InChI=1S/C34H40O6S/c1-24-11-17-28(18-12-24)41-33-32(37-21-25-9-5-3-6-10-25)31(36-22-26-13-15-27(35-2)16-14-26)30-29(39-33)23-38-34(40-30)19-7-4-8-20-34/h3,5-6,9-18,29-33H,4,7-8,19-23H2,1-2H3/t29-,30-,31+,32-,33-/m1/s1/i3D,5D,6D,9D,10D,21D2. The van der Waals surface area contributed by atoms with Crippen molar-refractivity contribution < 1.29 is 38.0 Å². The summed E-state index contributed by atoms with van der Waals surface area (Å²) in [5.74, 6) is -0.128. The lowest BCUT2D eigenvalue weighted by molar-refractivity contribution is -0.375. The maximum Gasteiger partial charge on any atom is 0.169 e. The van der Waals surface area contributed by atoms with E-state index in [1.54, 1.807) is 7.11 Å². The third-order valence-electron chi connectivity index (χ3n) is 7.74. The first-order valence-electron chi connectivity index (χ1n) is 17.6. The quantitative estimate of drug-likeness (QED) is 0.267. The molecule has 0 radical (unpaired) electrons. The van der Waals surface area contributed by atoms with E-state index in [-0.39, 0.29) is 13.2 Å². The highest BCUT2D eigenvalue weighted by molar-refractivity contribution is 7.99. The molecule has 1 aliphatic carbocycles. The van der Waals surface area contributed by atoms with Gasteiger partial charge in [0.15, 0.2) is 5.79 Å².